The second kappa shape index (κ2) is 11.7. The molecule has 2 aromatic carbocycles. The maximum Gasteiger partial charge on any atom is 0.259 e. The Bertz CT molecular complexity index is 1220. The van der Waals surface area contributed by atoms with Gasteiger partial charge in [-0.2, -0.15) is 0 Å². The fraction of sp³-hybridized carbons (Fsp3) is 0.393. The molecule has 3 amide bonds. The van der Waals surface area contributed by atoms with Gasteiger partial charge in [0.2, 0.25) is 11.8 Å². The van der Waals surface area contributed by atoms with E-state index in [1.165, 1.54) is 23.1 Å². The number of nitrogens with zero attached hydrogens (tertiary/aromatic N) is 3. The lowest BCUT2D eigenvalue weighted by molar-refractivity contribution is -0.128. The molecule has 2 aliphatic heterocycles. The summed E-state index contributed by atoms with van der Waals surface area (Å²) in [6.45, 7) is 0.492. The van der Waals surface area contributed by atoms with Crippen LogP contribution >= 0.6 is 11.8 Å². The molecule has 37 heavy (non-hydrogen) atoms. The molecule has 192 valence electrons. The van der Waals surface area contributed by atoms with Gasteiger partial charge in [0, 0.05) is 18.2 Å². The van der Waals surface area contributed by atoms with Gasteiger partial charge in [0.15, 0.2) is 5.17 Å². The average molecular weight is 518 g/mol. The van der Waals surface area contributed by atoms with Gasteiger partial charge in [0.05, 0.1) is 17.9 Å². The second-order valence-corrected chi connectivity index (χ2v) is 10.5. The average Bonchev–Trinajstić information content (AvgIpc) is 3.24. The standard InChI is InChI=1S/C28H31N5O3S/c34-24(29-16-15-19-9-3-1-4-10-19)17-23-27(36)33-26(31-23)21-13-7-8-14-22(21)32-28(33)37-18-25(35)30-20-11-5-2-6-12-20/h1,3-4,7-10,13-14,20,23H,2,5-6,11-12,15-18H2,(H,29,34)(H,30,35). The minimum Gasteiger partial charge on any atom is -0.356 e. The summed E-state index contributed by atoms with van der Waals surface area (Å²) < 4.78 is 0. The van der Waals surface area contributed by atoms with Gasteiger partial charge in [-0.1, -0.05) is 73.5 Å². The van der Waals surface area contributed by atoms with E-state index >= 15 is 0 Å². The van der Waals surface area contributed by atoms with Crippen molar-refractivity contribution in [2.75, 3.05) is 12.3 Å². The number of fused-ring (bicyclic) bond motifs is 3. The van der Waals surface area contributed by atoms with Crippen LogP contribution in [0, 0.1) is 0 Å². The van der Waals surface area contributed by atoms with Gasteiger partial charge < -0.3 is 10.6 Å². The zero-order valence-electron chi connectivity index (χ0n) is 20.7. The molecule has 1 atom stereocenters. The van der Waals surface area contributed by atoms with E-state index in [1.54, 1.807) is 0 Å². The molecule has 0 radical (unpaired) electrons. The van der Waals surface area contributed by atoms with E-state index in [0.717, 1.165) is 43.2 Å². The number of benzene rings is 2. The Morgan fingerprint density at radius 1 is 0.973 bits per heavy atom. The van der Waals surface area contributed by atoms with Crippen molar-refractivity contribution >= 4 is 46.2 Å². The summed E-state index contributed by atoms with van der Waals surface area (Å²) in [5.74, 6) is 0.0939. The molecule has 1 fully saturated rings. The van der Waals surface area contributed by atoms with Gasteiger partial charge in [0.25, 0.3) is 5.91 Å². The SMILES string of the molecule is O=C(CC1N=C2c3ccccc3N=C(SCC(=O)NC3CCCCC3)N2C1=O)NCCc1ccccc1. The summed E-state index contributed by atoms with van der Waals surface area (Å²) in [5, 5.41) is 6.44. The number of rotatable bonds is 8. The van der Waals surface area contributed by atoms with E-state index in [9.17, 15) is 14.4 Å². The maximum absolute atomic E-state index is 13.4. The van der Waals surface area contributed by atoms with E-state index in [-0.39, 0.29) is 35.9 Å². The van der Waals surface area contributed by atoms with Crippen LogP contribution in [0.15, 0.2) is 64.6 Å². The molecule has 0 saturated heterocycles. The minimum atomic E-state index is -0.820. The smallest absolute Gasteiger partial charge is 0.259 e. The van der Waals surface area contributed by atoms with Crippen molar-refractivity contribution in [2.24, 2.45) is 9.98 Å². The summed E-state index contributed by atoms with van der Waals surface area (Å²) in [5.41, 5.74) is 2.59. The molecular formula is C28H31N5O3S. The van der Waals surface area contributed by atoms with Gasteiger partial charge in [-0.15, -0.1) is 0 Å². The lowest BCUT2D eigenvalue weighted by Crippen LogP contribution is -2.43. The third-order valence-electron chi connectivity index (χ3n) is 6.81. The molecule has 8 nitrogen and oxygen atoms in total. The monoisotopic (exact) mass is 517 g/mol. The number of nitrogens with one attached hydrogen (secondary N) is 2. The van der Waals surface area contributed by atoms with Gasteiger partial charge in [-0.3, -0.25) is 19.4 Å². The Kier molecular flexibility index (Phi) is 7.99. The van der Waals surface area contributed by atoms with E-state index < -0.39 is 6.04 Å². The number of hydrogen-bond acceptors (Lipinski definition) is 6. The molecule has 9 heteroatoms. The third-order valence-corrected chi connectivity index (χ3v) is 7.75. The van der Waals surface area contributed by atoms with Crippen molar-refractivity contribution < 1.29 is 14.4 Å². The normalized spacial score (nSPS) is 19.0. The molecule has 1 saturated carbocycles. The highest BCUT2D eigenvalue weighted by atomic mass is 32.2. The molecule has 2 aromatic rings. The number of aliphatic imine (C=N–C) groups is 2. The topological polar surface area (TPSA) is 103 Å². The first kappa shape index (κ1) is 25.2. The zero-order chi connectivity index (χ0) is 25.6. The molecule has 1 aliphatic carbocycles. The number of thioether (sulfide) groups is 1. The van der Waals surface area contributed by atoms with Crippen LogP contribution in [0.2, 0.25) is 0 Å². The van der Waals surface area contributed by atoms with Crippen LogP contribution in [-0.4, -0.2) is 58.0 Å². The lowest BCUT2D eigenvalue weighted by Gasteiger charge is -2.26. The Labute approximate surface area is 221 Å². The fourth-order valence-electron chi connectivity index (χ4n) is 4.92. The van der Waals surface area contributed by atoms with Gasteiger partial charge in [0.1, 0.15) is 11.9 Å². The summed E-state index contributed by atoms with van der Waals surface area (Å²) in [7, 11) is 0. The number of amides is 3. The molecule has 5 rings (SSSR count). The van der Waals surface area contributed by atoms with E-state index in [0.29, 0.717) is 23.2 Å². The van der Waals surface area contributed by atoms with Crippen LogP contribution in [0.3, 0.4) is 0 Å². The first-order valence-electron chi connectivity index (χ1n) is 12.9. The molecule has 0 aromatic heterocycles. The highest BCUT2D eigenvalue weighted by Crippen LogP contribution is 2.34. The largest absolute Gasteiger partial charge is 0.356 e. The van der Waals surface area contributed by atoms with Crippen LogP contribution in [0.4, 0.5) is 5.69 Å². The summed E-state index contributed by atoms with van der Waals surface area (Å²) in [6.07, 6.45) is 6.23. The molecule has 2 N–H and O–H groups in total. The van der Waals surface area contributed by atoms with Gasteiger partial charge >= 0.3 is 0 Å². The first-order chi connectivity index (χ1) is 18.1. The number of amidine groups is 2. The molecule has 3 aliphatic rings. The molecule has 0 spiro atoms. The molecular weight excluding hydrogens is 486 g/mol. The van der Waals surface area contributed by atoms with Crippen LogP contribution in [0.25, 0.3) is 0 Å². The molecule has 0 bridgehead atoms. The van der Waals surface area contributed by atoms with Gasteiger partial charge in [-0.25, -0.2) is 9.89 Å². The van der Waals surface area contributed by atoms with Crippen LogP contribution < -0.4 is 10.6 Å². The lowest BCUT2D eigenvalue weighted by atomic mass is 9.95. The maximum atomic E-state index is 13.4. The van der Waals surface area contributed by atoms with Crippen molar-refractivity contribution in [3.05, 3.63) is 65.7 Å². The van der Waals surface area contributed by atoms with E-state index in [4.69, 9.17) is 0 Å². The van der Waals surface area contributed by atoms with Crippen molar-refractivity contribution in [1.29, 1.82) is 0 Å². The number of hydrogen-bond donors (Lipinski definition) is 2. The predicted octanol–water partition coefficient (Wildman–Crippen LogP) is 3.58. The Morgan fingerprint density at radius 3 is 2.54 bits per heavy atom. The Morgan fingerprint density at radius 2 is 1.73 bits per heavy atom. The van der Waals surface area contributed by atoms with Crippen molar-refractivity contribution in [1.82, 2.24) is 15.5 Å². The summed E-state index contributed by atoms with van der Waals surface area (Å²) in [4.78, 5) is 49.4. The summed E-state index contributed by atoms with van der Waals surface area (Å²) >= 11 is 1.23. The number of carbonyl (C=O) groups is 3. The fourth-order valence-corrected chi connectivity index (χ4v) is 5.73. The Balaban J connectivity index is 1.23. The first-order valence-corrected chi connectivity index (χ1v) is 13.9. The van der Waals surface area contributed by atoms with Crippen molar-refractivity contribution in [3.63, 3.8) is 0 Å². The predicted molar refractivity (Wildman–Crippen MR) is 146 cm³/mol. The molecule has 1 unspecified atom stereocenters. The quantitative estimate of drug-likeness (QED) is 0.559. The van der Waals surface area contributed by atoms with Crippen LogP contribution in [0.1, 0.15) is 49.7 Å². The highest BCUT2D eigenvalue weighted by Gasteiger charge is 2.42. The number of carbonyl (C=O) groups excluding carboxylic acids is 3. The zero-order valence-corrected chi connectivity index (χ0v) is 21.5. The second-order valence-electron chi connectivity index (χ2n) is 9.53. The van der Waals surface area contributed by atoms with Crippen molar-refractivity contribution in [2.45, 2.75) is 57.0 Å². The van der Waals surface area contributed by atoms with Crippen LogP contribution in [-0.2, 0) is 20.8 Å². The van der Waals surface area contributed by atoms with E-state index in [2.05, 4.69) is 20.6 Å². The number of para-hydroxylation sites is 1. The minimum absolute atomic E-state index is 0.0318. The Hall–Kier alpha value is -3.46. The molecule has 2 heterocycles. The van der Waals surface area contributed by atoms with Crippen molar-refractivity contribution in [3.8, 4) is 0 Å². The third kappa shape index (κ3) is 6.10. The highest BCUT2D eigenvalue weighted by molar-refractivity contribution is 8.14. The van der Waals surface area contributed by atoms with Gasteiger partial charge in [-0.05, 0) is 37.0 Å². The summed E-state index contributed by atoms with van der Waals surface area (Å²) in [6, 6.07) is 16.8. The van der Waals surface area contributed by atoms with E-state index in [1.807, 2.05) is 54.6 Å². The van der Waals surface area contributed by atoms with Crippen LogP contribution in [0.5, 0.6) is 0 Å².